The van der Waals surface area contributed by atoms with Crippen molar-refractivity contribution in [3.8, 4) is 0 Å². The van der Waals surface area contributed by atoms with Crippen LogP contribution < -0.4 is 5.32 Å². The van der Waals surface area contributed by atoms with Crippen molar-refractivity contribution >= 4 is 23.2 Å². The monoisotopic (exact) mass is 344 g/mol. The Kier molecular flexibility index (Phi) is 5.51. The number of aryl methyl sites for hydroxylation is 1. The van der Waals surface area contributed by atoms with Crippen LogP contribution in [-0.4, -0.2) is 37.1 Å². The predicted molar refractivity (Wildman–Crippen MR) is 96.4 cm³/mol. The smallest absolute Gasteiger partial charge is 0.246 e. The summed E-state index contributed by atoms with van der Waals surface area (Å²) >= 11 is 5.99. The minimum absolute atomic E-state index is 0.0372. The number of amides is 1. The largest absolute Gasteiger partial charge is 0.379 e. The summed E-state index contributed by atoms with van der Waals surface area (Å²) in [6, 6.07) is 14.9. The molecule has 1 aliphatic rings. The first-order valence-corrected chi connectivity index (χ1v) is 8.46. The summed E-state index contributed by atoms with van der Waals surface area (Å²) in [7, 11) is 0. The van der Waals surface area contributed by atoms with E-state index >= 15 is 0 Å². The summed E-state index contributed by atoms with van der Waals surface area (Å²) in [5.41, 5.74) is 2.86. The van der Waals surface area contributed by atoms with Gasteiger partial charge in [-0.3, -0.25) is 9.69 Å². The van der Waals surface area contributed by atoms with E-state index in [0.29, 0.717) is 18.2 Å². The van der Waals surface area contributed by atoms with Gasteiger partial charge in [-0.05, 0) is 42.3 Å². The fourth-order valence-corrected chi connectivity index (χ4v) is 3.07. The van der Waals surface area contributed by atoms with Crippen LogP contribution in [0.1, 0.15) is 17.2 Å². The number of anilines is 1. The van der Waals surface area contributed by atoms with Gasteiger partial charge in [-0.25, -0.2) is 0 Å². The number of ether oxygens (including phenoxy) is 1. The Bertz CT molecular complexity index is 697. The van der Waals surface area contributed by atoms with Gasteiger partial charge >= 0.3 is 0 Å². The summed E-state index contributed by atoms with van der Waals surface area (Å²) < 4.78 is 5.42. The summed E-state index contributed by atoms with van der Waals surface area (Å²) in [4.78, 5) is 15.1. The molecule has 1 N–H and O–H groups in total. The molecule has 2 aromatic carbocycles. The topological polar surface area (TPSA) is 41.6 Å². The van der Waals surface area contributed by atoms with Crippen molar-refractivity contribution in [3.05, 3.63) is 64.7 Å². The highest BCUT2D eigenvalue weighted by Crippen LogP contribution is 2.25. The number of nitrogens with one attached hydrogen (secondary N) is 1. The maximum absolute atomic E-state index is 13.0. The van der Waals surface area contributed by atoms with Crippen molar-refractivity contribution in [2.45, 2.75) is 13.0 Å². The molecule has 1 aliphatic heterocycles. The van der Waals surface area contributed by atoms with Gasteiger partial charge < -0.3 is 10.1 Å². The fourth-order valence-electron chi connectivity index (χ4n) is 2.94. The standard InChI is InChI=1S/C19H21ClN2O2/c1-14-3-2-4-17(13-14)21-19(23)18(22-9-11-24-12-10-22)15-5-7-16(20)8-6-15/h2-8,13,18H,9-12H2,1H3,(H,21,23). The highest BCUT2D eigenvalue weighted by atomic mass is 35.5. The van der Waals surface area contributed by atoms with Gasteiger partial charge in [0.2, 0.25) is 5.91 Å². The van der Waals surface area contributed by atoms with Gasteiger partial charge in [0.15, 0.2) is 0 Å². The average Bonchev–Trinajstić information content (AvgIpc) is 2.58. The van der Waals surface area contributed by atoms with Gasteiger partial charge in [0.05, 0.1) is 13.2 Å². The number of nitrogens with zero attached hydrogens (tertiary/aromatic N) is 1. The van der Waals surface area contributed by atoms with E-state index in [9.17, 15) is 4.79 Å². The lowest BCUT2D eigenvalue weighted by Gasteiger charge is -2.33. The molecule has 0 radical (unpaired) electrons. The average molecular weight is 345 g/mol. The zero-order chi connectivity index (χ0) is 16.9. The molecule has 1 fully saturated rings. The Hall–Kier alpha value is -1.88. The van der Waals surface area contributed by atoms with Crippen LogP contribution in [0.15, 0.2) is 48.5 Å². The quantitative estimate of drug-likeness (QED) is 0.920. The van der Waals surface area contributed by atoms with E-state index in [1.165, 1.54) is 0 Å². The van der Waals surface area contributed by atoms with Crippen molar-refractivity contribution in [1.29, 1.82) is 0 Å². The van der Waals surface area contributed by atoms with E-state index in [4.69, 9.17) is 16.3 Å². The van der Waals surface area contributed by atoms with Crippen LogP contribution in [0.2, 0.25) is 5.02 Å². The molecule has 126 valence electrons. The lowest BCUT2D eigenvalue weighted by molar-refractivity contribution is -0.123. The number of carbonyl (C=O) groups excluding carboxylic acids is 1. The van der Waals surface area contributed by atoms with Gasteiger partial charge in [-0.15, -0.1) is 0 Å². The van der Waals surface area contributed by atoms with Crippen molar-refractivity contribution in [3.63, 3.8) is 0 Å². The first kappa shape index (κ1) is 17.0. The summed E-state index contributed by atoms with van der Waals surface area (Å²) in [5.74, 6) is -0.0372. The van der Waals surface area contributed by atoms with Crippen molar-refractivity contribution < 1.29 is 9.53 Å². The predicted octanol–water partition coefficient (Wildman–Crippen LogP) is 3.66. The van der Waals surface area contributed by atoms with Crippen LogP contribution in [0.5, 0.6) is 0 Å². The van der Waals surface area contributed by atoms with Crippen LogP contribution in [0.3, 0.4) is 0 Å². The molecule has 24 heavy (non-hydrogen) atoms. The first-order valence-electron chi connectivity index (χ1n) is 8.08. The minimum Gasteiger partial charge on any atom is -0.379 e. The molecule has 1 atom stereocenters. The molecule has 0 aromatic heterocycles. The third-order valence-electron chi connectivity index (χ3n) is 4.13. The van der Waals surface area contributed by atoms with Gasteiger partial charge in [-0.2, -0.15) is 0 Å². The van der Waals surface area contributed by atoms with E-state index < -0.39 is 0 Å². The highest BCUT2D eigenvalue weighted by molar-refractivity contribution is 6.30. The molecule has 0 spiro atoms. The molecule has 1 unspecified atom stereocenters. The first-order chi connectivity index (χ1) is 11.6. The Morgan fingerprint density at radius 3 is 2.54 bits per heavy atom. The van der Waals surface area contributed by atoms with Crippen LogP contribution in [0, 0.1) is 6.92 Å². The zero-order valence-electron chi connectivity index (χ0n) is 13.7. The second-order valence-corrected chi connectivity index (χ2v) is 6.40. The lowest BCUT2D eigenvalue weighted by Crippen LogP contribution is -2.43. The molecule has 0 aliphatic carbocycles. The molecule has 1 heterocycles. The molecule has 1 amide bonds. The summed E-state index contributed by atoms with van der Waals surface area (Å²) in [6.45, 7) is 4.75. The molecule has 3 rings (SSSR count). The van der Waals surface area contributed by atoms with E-state index in [1.54, 1.807) is 0 Å². The molecule has 4 nitrogen and oxygen atoms in total. The van der Waals surface area contributed by atoms with Crippen LogP contribution in [0.25, 0.3) is 0 Å². The summed E-state index contributed by atoms with van der Waals surface area (Å²) in [5, 5.41) is 3.70. The molecular weight excluding hydrogens is 324 g/mol. The number of carbonyl (C=O) groups is 1. The Morgan fingerprint density at radius 1 is 1.17 bits per heavy atom. The van der Waals surface area contributed by atoms with E-state index in [2.05, 4.69) is 10.2 Å². The third-order valence-corrected chi connectivity index (χ3v) is 4.38. The van der Waals surface area contributed by atoms with Gasteiger partial charge in [-0.1, -0.05) is 35.9 Å². The van der Waals surface area contributed by atoms with E-state index in [0.717, 1.165) is 29.9 Å². The lowest BCUT2D eigenvalue weighted by atomic mass is 10.0. The van der Waals surface area contributed by atoms with Crippen molar-refractivity contribution in [2.75, 3.05) is 31.6 Å². The number of hydrogen-bond acceptors (Lipinski definition) is 3. The molecule has 0 bridgehead atoms. The Balaban J connectivity index is 1.85. The molecule has 2 aromatic rings. The number of morpholine rings is 1. The molecule has 1 saturated heterocycles. The number of halogens is 1. The molecular formula is C19H21ClN2O2. The third kappa shape index (κ3) is 4.15. The summed E-state index contributed by atoms with van der Waals surface area (Å²) in [6.07, 6.45) is 0. The second kappa shape index (κ2) is 7.79. The molecule has 0 saturated carbocycles. The number of benzene rings is 2. The molecule has 5 heteroatoms. The Labute approximate surface area is 147 Å². The zero-order valence-corrected chi connectivity index (χ0v) is 14.4. The SMILES string of the molecule is Cc1cccc(NC(=O)C(c2ccc(Cl)cc2)N2CCOCC2)c1. The van der Waals surface area contributed by atoms with Crippen molar-refractivity contribution in [1.82, 2.24) is 4.90 Å². The Morgan fingerprint density at radius 2 is 1.88 bits per heavy atom. The van der Waals surface area contributed by atoms with Crippen molar-refractivity contribution in [2.24, 2.45) is 0 Å². The normalized spacial score (nSPS) is 16.6. The highest BCUT2D eigenvalue weighted by Gasteiger charge is 2.29. The number of hydrogen-bond donors (Lipinski definition) is 1. The maximum Gasteiger partial charge on any atom is 0.246 e. The minimum atomic E-state index is -0.355. The van der Waals surface area contributed by atoms with Gasteiger partial charge in [0.1, 0.15) is 6.04 Å². The second-order valence-electron chi connectivity index (χ2n) is 5.96. The maximum atomic E-state index is 13.0. The van der Waals surface area contributed by atoms with E-state index in [-0.39, 0.29) is 11.9 Å². The van der Waals surface area contributed by atoms with Crippen LogP contribution in [0.4, 0.5) is 5.69 Å². The van der Waals surface area contributed by atoms with Crippen LogP contribution >= 0.6 is 11.6 Å². The van der Waals surface area contributed by atoms with Gasteiger partial charge in [0, 0.05) is 23.8 Å². The van der Waals surface area contributed by atoms with E-state index in [1.807, 2.05) is 55.5 Å². The van der Waals surface area contributed by atoms with Gasteiger partial charge in [0.25, 0.3) is 0 Å². The van der Waals surface area contributed by atoms with Crippen LogP contribution in [-0.2, 0) is 9.53 Å². The number of rotatable bonds is 4. The fraction of sp³-hybridized carbons (Fsp3) is 0.316.